The molecule has 3 atom stereocenters. The Hall–Kier alpha value is -1.72. The average molecular weight is 418 g/mol. The molecule has 0 amide bonds. The van der Waals surface area contributed by atoms with E-state index in [1.807, 2.05) is 19.1 Å². The zero-order valence-electron chi connectivity index (χ0n) is 15.1. The number of ether oxygens (including phenoxy) is 3. The van der Waals surface area contributed by atoms with Crippen LogP contribution in [0.25, 0.3) is 0 Å². The van der Waals surface area contributed by atoms with Gasteiger partial charge in [-0.3, -0.25) is 0 Å². The number of halogens is 1. The fourth-order valence-electron chi connectivity index (χ4n) is 4.21. The minimum absolute atomic E-state index is 0.1000. The van der Waals surface area contributed by atoms with Crippen LogP contribution >= 0.6 is 15.9 Å². The highest BCUT2D eigenvalue weighted by Gasteiger charge is 2.41. The zero-order chi connectivity index (χ0) is 18.1. The van der Waals surface area contributed by atoms with Crippen molar-refractivity contribution in [2.45, 2.75) is 31.9 Å². The van der Waals surface area contributed by atoms with E-state index in [2.05, 4.69) is 45.5 Å². The van der Waals surface area contributed by atoms with Gasteiger partial charge in [-0.05, 0) is 44.0 Å². The molecule has 1 N–H and O–H groups in total. The summed E-state index contributed by atoms with van der Waals surface area (Å²) in [6.07, 6.45) is 2.30. The number of nitrogens with one attached hydrogen (secondary N) is 1. The van der Waals surface area contributed by atoms with Gasteiger partial charge >= 0.3 is 0 Å². The van der Waals surface area contributed by atoms with Gasteiger partial charge < -0.3 is 19.5 Å². The molecule has 4 rings (SSSR count). The molecule has 2 aromatic carbocycles. The van der Waals surface area contributed by atoms with Gasteiger partial charge in [-0.1, -0.05) is 28.1 Å². The first-order chi connectivity index (χ1) is 12.7. The minimum atomic E-state index is 0.1000. The molecular formula is C21H24BrNO3. The molecule has 0 bridgehead atoms. The van der Waals surface area contributed by atoms with E-state index in [1.165, 1.54) is 5.56 Å². The molecular weight excluding hydrogens is 394 g/mol. The standard InChI is InChI=1S/C21H24BrNO3/c1-3-25-18-8-4-6-15(21(18)24-2)19-14-7-5-11-26-20(14)16-12-13(22)9-10-17(16)23-19/h4,6,8-10,12,14,19-20,23H,3,5,7,11H2,1-2H3/t14-,19+,20-/m0/s1. The largest absolute Gasteiger partial charge is 0.492 e. The summed E-state index contributed by atoms with van der Waals surface area (Å²) in [5.41, 5.74) is 3.50. The Morgan fingerprint density at radius 2 is 2.12 bits per heavy atom. The van der Waals surface area contributed by atoms with Crippen LogP contribution in [0.2, 0.25) is 0 Å². The number of anilines is 1. The first-order valence-corrected chi connectivity index (χ1v) is 9.99. The minimum Gasteiger partial charge on any atom is -0.492 e. The molecule has 0 aliphatic carbocycles. The Morgan fingerprint density at radius 3 is 2.92 bits per heavy atom. The topological polar surface area (TPSA) is 39.7 Å². The SMILES string of the molecule is CCOc1cccc([C@@H]2Nc3ccc(Br)cc3[C@H]3OCCC[C@H]32)c1OC. The van der Waals surface area contributed by atoms with Crippen LogP contribution in [0.5, 0.6) is 11.5 Å². The predicted octanol–water partition coefficient (Wildman–Crippen LogP) is 5.49. The number of methoxy groups -OCH3 is 1. The number of hydrogen-bond donors (Lipinski definition) is 1. The molecule has 2 aliphatic heterocycles. The molecule has 26 heavy (non-hydrogen) atoms. The summed E-state index contributed by atoms with van der Waals surface area (Å²) in [7, 11) is 1.71. The fourth-order valence-corrected chi connectivity index (χ4v) is 4.59. The lowest BCUT2D eigenvalue weighted by Crippen LogP contribution is -2.36. The van der Waals surface area contributed by atoms with Crippen LogP contribution in [0.15, 0.2) is 40.9 Å². The highest BCUT2D eigenvalue weighted by Crippen LogP contribution is 2.51. The van der Waals surface area contributed by atoms with Gasteiger partial charge in [0.25, 0.3) is 0 Å². The van der Waals surface area contributed by atoms with Gasteiger partial charge in [-0.25, -0.2) is 0 Å². The number of para-hydroxylation sites is 1. The van der Waals surface area contributed by atoms with Crippen molar-refractivity contribution in [3.63, 3.8) is 0 Å². The monoisotopic (exact) mass is 417 g/mol. The van der Waals surface area contributed by atoms with E-state index in [9.17, 15) is 0 Å². The summed E-state index contributed by atoms with van der Waals surface area (Å²) in [4.78, 5) is 0. The quantitative estimate of drug-likeness (QED) is 0.713. The Balaban J connectivity index is 1.79. The summed E-state index contributed by atoms with van der Waals surface area (Å²) in [6.45, 7) is 3.42. The maximum absolute atomic E-state index is 6.23. The van der Waals surface area contributed by atoms with Crippen LogP contribution in [-0.4, -0.2) is 20.3 Å². The molecule has 0 spiro atoms. The molecule has 138 valence electrons. The molecule has 2 heterocycles. The summed E-state index contributed by atoms with van der Waals surface area (Å²) >= 11 is 3.60. The second-order valence-electron chi connectivity index (χ2n) is 6.76. The van der Waals surface area contributed by atoms with Gasteiger partial charge in [-0.15, -0.1) is 0 Å². The maximum atomic E-state index is 6.23. The van der Waals surface area contributed by atoms with Gasteiger partial charge in [0.1, 0.15) is 0 Å². The van der Waals surface area contributed by atoms with Crippen LogP contribution in [0.4, 0.5) is 5.69 Å². The molecule has 0 radical (unpaired) electrons. The van der Waals surface area contributed by atoms with Crippen LogP contribution in [0, 0.1) is 5.92 Å². The molecule has 0 saturated carbocycles. The van der Waals surface area contributed by atoms with Gasteiger partial charge in [0.15, 0.2) is 11.5 Å². The van der Waals surface area contributed by atoms with E-state index in [-0.39, 0.29) is 12.1 Å². The Bertz CT molecular complexity index is 795. The van der Waals surface area contributed by atoms with E-state index in [4.69, 9.17) is 14.2 Å². The number of fused-ring (bicyclic) bond motifs is 3. The summed E-state index contributed by atoms with van der Waals surface area (Å²) in [6, 6.07) is 12.6. The molecule has 0 aromatic heterocycles. The molecule has 1 saturated heterocycles. The fraction of sp³-hybridized carbons (Fsp3) is 0.429. The average Bonchev–Trinajstić information content (AvgIpc) is 2.67. The van der Waals surface area contributed by atoms with E-state index in [0.717, 1.165) is 46.7 Å². The smallest absolute Gasteiger partial charge is 0.165 e. The second kappa shape index (κ2) is 7.49. The van der Waals surface area contributed by atoms with Crippen LogP contribution < -0.4 is 14.8 Å². The highest BCUT2D eigenvalue weighted by atomic mass is 79.9. The molecule has 4 nitrogen and oxygen atoms in total. The zero-order valence-corrected chi connectivity index (χ0v) is 16.7. The maximum Gasteiger partial charge on any atom is 0.165 e. The van der Waals surface area contributed by atoms with Gasteiger partial charge in [-0.2, -0.15) is 0 Å². The van der Waals surface area contributed by atoms with Crippen molar-refractivity contribution in [2.75, 3.05) is 25.6 Å². The Labute approximate surface area is 163 Å². The van der Waals surface area contributed by atoms with Crippen molar-refractivity contribution in [1.82, 2.24) is 0 Å². The lowest BCUT2D eigenvalue weighted by molar-refractivity contribution is -0.0383. The molecule has 2 aliphatic rings. The third-order valence-corrected chi connectivity index (χ3v) is 5.77. The summed E-state index contributed by atoms with van der Waals surface area (Å²) in [5, 5.41) is 3.75. The highest BCUT2D eigenvalue weighted by molar-refractivity contribution is 9.10. The lowest BCUT2D eigenvalue weighted by atomic mass is 9.77. The summed E-state index contributed by atoms with van der Waals surface area (Å²) in [5.74, 6) is 1.97. The Morgan fingerprint density at radius 1 is 1.23 bits per heavy atom. The summed E-state index contributed by atoms with van der Waals surface area (Å²) < 4.78 is 18.9. The molecule has 2 aromatic rings. The van der Waals surface area contributed by atoms with Crippen molar-refractivity contribution in [3.05, 3.63) is 52.0 Å². The molecule has 0 unspecified atom stereocenters. The third kappa shape index (κ3) is 3.08. The van der Waals surface area contributed by atoms with Crippen LogP contribution in [0.3, 0.4) is 0 Å². The normalized spacial score (nSPS) is 24.2. The number of hydrogen-bond acceptors (Lipinski definition) is 4. The van der Waals surface area contributed by atoms with Gasteiger partial charge in [0.05, 0.1) is 25.9 Å². The first kappa shape index (κ1) is 17.7. The Kier molecular flexibility index (Phi) is 5.09. The van der Waals surface area contributed by atoms with Crippen molar-refractivity contribution >= 4 is 21.6 Å². The van der Waals surface area contributed by atoms with E-state index in [0.29, 0.717) is 12.5 Å². The van der Waals surface area contributed by atoms with Gasteiger partial charge in [0.2, 0.25) is 0 Å². The van der Waals surface area contributed by atoms with Crippen molar-refractivity contribution in [2.24, 2.45) is 5.92 Å². The van der Waals surface area contributed by atoms with E-state index in [1.54, 1.807) is 7.11 Å². The number of rotatable bonds is 4. The lowest BCUT2D eigenvalue weighted by Gasteiger charge is -2.43. The van der Waals surface area contributed by atoms with Crippen molar-refractivity contribution in [1.29, 1.82) is 0 Å². The first-order valence-electron chi connectivity index (χ1n) is 9.20. The second-order valence-corrected chi connectivity index (χ2v) is 7.68. The third-order valence-electron chi connectivity index (χ3n) is 5.28. The van der Waals surface area contributed by atoms with Crippen molar-refractivity contribution in [3.8, 4) is 11.5 Å². The molecule has 5 heteroatoms. The predicted molar refractivity (Wildman–Crippen MR) is 106 cm³/mol. The van der Waals surface area contributed by atoms with Gasteiger partial charge in [0, 0.05) is 33.8 Å². The van der Waals surface area contributed by atoms with E-state index >= 15 is 0 Å². The van der Waals surface area contributed by atoms with E-state index < -0.39 is 0 Å². The van der Waals surface area contributed by atoms with Crippen molar-refractivity contribution < 1.29 is 14.2 Å². The molecule has 1 fully saturated rings. The van der Waals surface area contributed by atoms with Crippen LogP contribution in [0.1, 0.15) is 43.0 Å². The number of benzene rings is 2. The van der Waals surface area contributed by atoms with Crippen LogP contribution in [-0.2, 0) is 4.74 Å².